The SMILES string of the molecule is COC(=O)C1=C(C)N=c2s/c(=C\c3ccc(-c4cccc(C(=O)O)c4)o3)c(=O)n2[C@@H]1c1cc(Cl)ccc1OC. The van der Waals surface area contributed by atoms with Crippen molar-refractivity contribution >= 4 is 41.0 Å². The summed E-state index contributed by atoms with van der Waals surface area (Å²) in [4.78, 5) is 42.9. The van der Waals surface area contributed by atoms with E-state index in [-0.39, 0.29) is 11.1 Å². The summed E-state index contributed by atoms with van der Waals surface area (Å²) in [6.45, 7) is 1.68. The number of halogens is 1. The highest BCUT2D eigenvalue weighted by Crippen LogP contribution is 2.37. The van der Waals surface area contributed by atoms with Crippen LogP contribution >= 0.6 is 22.9 Å². The predicted molar refractivity (Wildman–Crippen MR) is 145 cm³/mol. The van der Waals surface area contributed by atoms with E-state index >= 15 is 0 Å². The number of aromatic carboxylic acids is 1. The zero-order chi connectivity index (χ0) is 27.8. The number of ether oxygens (including phenoxy) is 2. The fraction of sp³-hybridized carbons (Fsp3) is 0.143. The van der Waals surface area contributed by atoms with Crippen LogP contribution in [0.3, 0.4) is 0 Å². The number of hydrogen-bond acceptors (Lipinski definition) is 8. The smallest absolute Gasteiger partial charge is 0.338 e. The molecule has 1 atom stereocenters. The van der Waals surface area contributed by atoms with Crippen LogP contribution in [0.1, 0.15) is 34.6 Å². The van der Waals surface area contributed by atoms with E-state index in [0.717, 1.165) is 11.3 Å². The summed E-state index contributed by atoms with van der Waals surface area (Å²) >= 11 is 7.44. The number of hydrogen-bond donors (Lipinski definition) is 1. The molecular formula is C28H21ClN2O7S. The second kappa shape index (κ2) is 10.4. The summed E-state index contributed by atoms with van der Waals surface area (Å²) in [5.41, 5.74) is 1.42. The molecular weight excluding hydrogens is 544 g/mol. The molecule has 1 aliphatic rings. The standard InChI is InChI=1S/C28H21ClN2O7S/c1-14-23(27(35)37-3)24(19-12-17(29)7-9-21(19)36-2)31-25(32)22(39-28(31)30-14)13-18-8-10-20(38-18)15-5-4-6-16(11-15)26(33)34/h4-13,24H,1-3H3,(H,33,34)/b22-13-/t24-/m1/s1. The van der Waals surface area contributed by atoms with Crippen molar-refractivity contribution in [2.45, 2.75) is 13.0 Å². The van der Waals surface area contributed by atoms with Crippen LogP contribution in [0.2, 0.25) is 5.02 Å². The highest BCUT2D eigenvalue weighted by molar-refractivity contribution is 7.07. The van der Waals surface area contributed by atoms with Crippen LogP contribution in [-0.2, 0) is 9.53 Å². The van der Waals surface area contributed by atoms with Crippen molar-refractivity contribution in [1.29, 1.82) is 0 Å². The summed E-state index contributed by atoms with van der Waals surface area (Å²) < 4.78 is 18.2. The zero-order valence-electron chi connectivity index (χ0n) is 20.9. The molecule has 1 aliphatic heterocycles. The molecule has 0 unspecified atom stereocenters. The number of carboxylic acid groups (broad SMARTS) is 1. The normalized spacial score (nSPS) is 15.1. The summed E-state index contributed by atoms with van der Waals surface area (Å²) in [6, 6.07) is 13.8. The number of esters is 1. The van der Waals surface area contributed by atoms with Gasteiger partial charge in [0.1, 0.15) is 23.3 Å². The summed E-state index contributed by atoms with van der Waals surface area (Å²) in [5.74, 6) is -0.400. The number of aromatic nitrogens is 1. The minimum atomic E-state index is -1.04. The van der Waals surface area contributed by atoms with Crippen LogP contribution in [0.25, 0.3) is 17.4 Å². The van der Waals surface area contributed by atoms with E-state index in [9.17, 15) is 19.5 Å². The molecule has 1 N–H and O–H groups in total. The van der Waals surface area contributed by atoms with E-state index in [0.29, 0.717) is 48.5 Å². The van der Waals surface area contributed by atoms with Gasteiger partial charge in [-0.2, -0.15) is 0 Å². The molecule has 11 heteroatoms. The van der Waals surface area contributed by atoms with Crippen molar-refractivity contribution in [2.75, 3.05) is 14.2 Å². The number of methoxy groups -OCH3 is 2. The fourth-order valence-electron chi connectivity index (χ4n) is 4.43. The van der Waals surface area contributed by atoms with Gasteiger partial charge in [-0.25, -0.2) is 14.6 Å². The second-order valence-electron chi connectivity index (χ2n) is 8.55. The Hall–Kier alpha value is -4.41. The summed E-state index contributed by atoms with van der Waals surface area (Å²) in [6.07, 6.45) is 1.58. The van der Waals surface area contributed by atoms with Crippen LogP contribution in [0.4, 0.5) is 0 Å². The molecule has 0 saturated heterocycles. The van der Waals surface area contributed by atoms with Crippen LogP contribution in [-0.4, -0.2) is 35.8 Å². The quantitative estimate of drug-likeness (QED) is 0.351. The van der Waals surface area contributed by atoms with Gasteiger partial charge < -0.3 is 19.0 Å². The zero-order valence-corrected chi connectivity index (χ0v) is 22.5. The lowest BCUT2D eigenvalue weighted by Crippen LogP contribution is -2.40. The third kappa shape index (κ3) is 4.80. The Labute approximate surface area is 230 Å². The van der Waals surface area contributed by atoms with Crippen LogP contribution in [0, 0.1) is 0 Å². The second-order valence-corrected chi connectivity index (χ2v) is 9.99. The number of allylic oxidation sites excluding steroid dienone is 1. The summed E-state index contributed by atoms with van der Waals surface area (Å²) in [5, 5.41) is 9.68. The van der Waals surface area contributed by atoms with E-state index in [1.165, 1.54) is 30.9 Å². The van der Waals surface area contributed by atoms with Gasteiger partial charge in [0, 0.05) is 22.2 Å². The first-order chi connectivity index (χ1) is 18.7. The molecule has 198 valence electrons. The molecule has 2 aromatic heterocycles. The lowest BCUT2D eigenvalue weighted by atomic mass is 9.95. The Morgan fingerprint density at radius 3 is 2.67 bits per heavy atom. The maximum absolute atomic E-state index is 13.8. The highest BCUT2D eigenvalue weighted by atomic mass is 35.5. The van der Waals surface area contributed by atoms with Crippen LogP contribution in [0.15, 0.2) is 80.1 Å². The first-order valence-electron chi connectivity index (χ1n) is 11.6. The maximum Gasteiger partial charge on any atom is 0.338 e. The number of thiazole rings is 1. The Balaban J connectivity index is 1.66. The Morgan fingerprint density at radius 1 is 1.15 bits per heavy atom. The van der Waals surface area contributed by atoms with Gasteiger partial charge >= 0.3 is 11.9 Å². The molecule has 9 nitrogen and oxygen atoms in total. The molecule has 5 rings (SSSR count). The van der Waals surface area contributed by atoms with E-state index in [2.05, 4.69) is 4.99 Å². The highest BCUT2D eigenvalue weighted by Gasteiger charge is 2.35. The largest absolute Gasteiger partial charge is 0.496 e. The number of carboxylic acids is 1. The van der Waals surface area contributed by atoms with Gasteiger partial charge in [0.2, 0.25) is 0 Å². The number of carbonyl (C=O) groups is 2. The van der Waals surface area contributed by atoms with E-state index in [1.54, 1.807) is 55.5 Å². The van der Waals surface area contributed by atoms with Gasteiger partial charge in [0.05, 0.1) is 35.6 Å². The van der Waals surface area contributed by atoms with Crippen molar-refractivity contribution in [3.8, 4) is 17.1 Å². The van der Waals surface area contributed by atoms with Gasteiger partial charge in [-0.15, -0.1) is 0 Å². The van der Waals surface area contributed by atoms with Crippen LogP contribution in [0.5, 0.6) is 5.75 Å². The number of rotatable bonds is 6. The molecule has 0 spiro atoms. The van der Waals surface area contributed by atoms with E-state index in [1.807, 2.05) is 0 Å². The topological polar surface area (TPSA) is 120 Å². The molecule has 2 aromatic carbocycles. The van der Waals surface area contributed by atoms with E-state index < -0.39 is 23.5 Å². The monoisotopic (exact) mass is 564 g/mol. The van der Waals surface area contributed by atoms with Crippen LogP contribution < -0.4 is 19.6 Å². The van der Waals surface area contributed by atoms with Gasteiger partial charge in [-0.05, 0) is 49.4 Å². The van der Waals surface area contributed by atoms with Crippen molar-refractivity contribution in [2.24, 2.45) is 4.99 Å². The van der Waals surface area contributed by atoms with Crippen molar-refractivity contribution in [3.05, 3.63) is 107 Å². The van der Waals surface area contributed by atoms with Crippen molar-refractivity contribution in [1.82, 2.24) is 4.57 Å². The lowest BCUT2D eigenvalue weighted by Gasteiger charge is -2.25. The number of fused-ring (bicyclic) bond motifs is 1. The number of furan rings is 1. The van der Waals surface area contributed by atoms with Gasteiger partial charge in [0.15, 0.2) is 4.80 Å². The first kappa shape index (κ1) is 26.2. The molecule has 39 heavy (non-hydrogen) atoms. The molecule has 0 bridgehead atoms. The molecule has 0 aliphatic carbocycles. The molecule has 0 saturated carbocycles. The number of nitrogens with zero attached hydrogens (tertiary/aromatic N) is 2. The Bertz CT molecular complexity index is 1850. The van der Waals surface area contributed by atoms with Gasteiger partial charge in [-0.3, -0.25) is 9.36 Å². The number of benzene rings is 2. The molecule has 4 aromatic rings. The Morgan fingerprint density at radius 2 is 1.95 bits per heavy atom. The van der Waals surface area contributed by atoms with Gasteiger partial charge in [-0.1, -0.05) is 35.1 Å². The predicted octanol–water partition coefficient (Wildman–Crippen LogP) is 4.03. The minimum absolute atomic E-state index is 0.131. The molecule has 3 heterocycles. The average molecular weight is 565 g/mol. The molecule has 0 radical (unpaired) electrons. The average Bonchev–Trinajstić information content (AvgIpc) is 3.52. The van der Waals surface area contributed by atoms with E-state index in [4.69, 9.17) is 25.5 Å². The van der Waals surface area contributed by atoms with Crippen molar-refractivity contribution < 1.29 is 28.6 Å². The first-order valence-corrected chi connectivity index (χ1v) is 12.8. The molecule has 0 amide bonds. The third-order valence-corrected chi connectivity index (χ3v) is 7.43. The third-order valence-electron chi connectivity index (χ3n) is 6.21. The lowest BCUT2D eigenvalue weighted by molar-refractivity contribution is -0.136. The maximum atomic E-state index is 13.8. The van der Waals surface area contributed by atoms with Gasteiger partial charge in [0.25, 0.3) is 5.56 Å². The summed E-state index contributed by atoms with van der Waals surface area (Å²) in [7, 11) is 2.76. The number of carbonyl (C=O) groups excluding carboxylic acids is 1. The fourth-order valence-corrected chi connectivity index (χ4v) is 5.63. The van der Waals surface area contributed by atoms with Crippen molar-refractivity contribution in [3.63, 3.8) is 0 Å². The minimum Gasteiger partial charge on any atom is -0.496 e. The Kier molecular flexibility index (Phi) is 6.98. The molecule has 0 fully saturated rings.